The van der Waals surface area contributed by atoms with E-state index in [1.165, 1.54) is 6.07 Å². The Morgan fingerprint density at radius 1 is 1.37 bits per heavy atom. The summed E-state index contributed by atoms with van der Waals surface area (Å²) < 4.78 is 11.1. The molecule has 27 heavy (non-hydrogen) atoms. The van der Waals surface area contributed by atoms with E-state index in [2.05, 4.69) is 10.2 Å². The number of nitrogens with two attached hydrogens (primary N) is 1. The summed E-state index contributed by atoms with van der Waals surface area (Å²) >= 11 is 6.14. The third kappa shape index (κ3) is 4.57. The highest BCUT2D eigenvalue weighted by Crippen LogP contribution is 2.43. The number of halogens is 1. The van der Waals surface area contributed by atoms with Crippen molar-refractivity contribution in [2.45, 2.75) is 18.9 Å². The van der Waals surface area contributed by atoms with Crippen LogP contribution in [0.3, 0.4) is 0 Å². The third-order valence-corrected chi connectivity index (χ3v) is 5.38. The molecule has 2 atom stereocenters. The number of benzene rings is 1. The van der Waals surface area contributed by atoms with Crippen LogP contribution in [0.25, 0.3) is 0 Å². The van der Waals surface area contributed by atoms with Crippen molar-refractivity contribution in [3.05, 3.63) is 16.7 Å². The van der Waals surface area contributed by atoms with Gasteiger partial charge in [-0.1, -0.05) is 11.6 Å². The average molecular weight is 400 g/mol. The highest BCUT2D eigenvalue weighted by Gasteiger charge is 2.29. The summed E-state index contributed by atoms with van der Waals surface area (Å²) in [7, 11) is 0. The van der Waals surface area contributed by atoms with Crippen LogP contribution >= 0.6 is 11.6 Å². The van der Waals surface area contributed by atoms with Crippen LogP contribution in [0.4, 0.5) is 5.69 Å². The van der Waals surface area contributed by atoms with Gasteiger partial charge < -0.3 is 35.6 Å². The van der Waals surface area contributed by atoms with E-state index < -0.39 is 6.10 Å². The Morgan fingerprint density at radius 3 is 2.81 bits per heavy atom. The smallest absolute Gasteiger partial charge is 0.255 e. The van der Waals surface area contributed by atoms with Crippen LogP contribution in [-0.2, 0) is 0 Å². The van der Waals surface area contributed by atoms with Crippen LogP contribution in [-0.4, -0.2) is 73.1 Å². The highest BCUT2D eigenvalue weighted by molar-refractivity contribution is 6.35. The Labute approximate surface area is 163 Å². The van der Waals surface area contributed by atoms with Crippen molar-refractivity contribution in [2.24, 2.45) is 5.92 Å². The van der Waals surface area contributed by atoms with Gasteiger partial charge in [-0.25, -0.2) is 0 Å². The number of β-amino-alcohol motifs (C(OH)–C–C–N with tert-alkyl or cyclic N) is 1. The molecule has 0 aromatic heterocycles. The summed E-state index contributed by atoms with van der Waals surface area (Å²) in [5.74, 6) is 0.231. The molecule has 9 heteroatoms. The minimum absolute atomic E-state index is 0.0306. The normalized spacial score (nSPS) is 22.5. The van der Waals surface area contributed by atoms with Crippen molar-refractivity contribution in [1.82, 2.24) is 10.2 Å². The van der Waals surface area contributed by atoms with Crippen molar-refractivity contribution in [3.8, 4) is 11.5 Å². The number of aliphatic hydroxyl groups excluding tert-OH is 2. The fourth-order valence-corrected chi connectivity index (χ4v) is 3.66. The summed E-state index contributed by atoms with van der Waals surface area (Å²) in [5.41, 5.74) is 6.42. The molecular formula is C18H26ClN3O5. The van der Waals surface area contributed by atoms with Crippen molar-refractivity contribution in [1.29, 1.82) is 0 Å². The van der Waals surface area contributed by atoms with Crippen LogP contribution in [0.15, 0.2) is 6.07 Å². The van der Waals surface area contributed by atoms with E-state index in [1.807, 2.05) is 0 Å². The molecule has 3 rings (SSSR count). The second kappa shape index (κ2) is 8.97. The number of rotatable bonds is 6. The first-order valence-corrected chi connectivity index (χ1v) is 9.56. The predicted molar refractivity (Wildman–Crippen MR) is 101 cm³/mol. The number of aliphatic hydroxyl groups is 2. The van der Waals surface area contributed by atoms with Gasteiger partial charge in [-0.3, -0.25) is 4.79 Å². The molecule has 0 spiro atoms. The molecule has 2 aliphatic heterocycles. The molecule has 0 saturated carbocycles. The summed E-state index contributed by atoms with van der Waals surface area (Å²) in [4.78, 5) is 14.8. The van der Waals surface area contributed by atoms with Gasteiger partial charge in [-0.05, 0) is 25.5 Å². The maximum absolute atomic E-state index is 12.7. The lowest BCUT2D eigenvalue weighted by Gasteiger charge is -2.36. The molecule has 1 saturated heterocycles. The van der Waals surface area contributed by atoms with Gasteiger partial charge in [-0.15, -0.1) is 0 Å². The monoisotopic (exact) mass is 399 g/mol. The number of nitrogens with zero attached hydrogens (tertiary/aromatic N) is 1. The lowest BCUT2D eigenvalue weighted by molar-refractivity contribution is 0.0201. The van der Waals surface area contributed by atoms with Gasteiger partial charge in [0.25, 0.3) is 5.91 Å². The molecule has 2 heterocycles. The number of hydrogen-bond acceptors (Lipinski definition) is 7. The van der Waals surface area contributed by atoms with Crippen LogP contribution in [0.5, 0.6) is 11.5 Å². The van der Waals surface area contributed by atoms with Crippen molar-refractivity contribution in [3.63, 3.8) is 0 Å². The van der Waals surface area contributed by atoms with Gasteiger partial charge in [-0.2, -0.15) is 0 Å². The number of nitrogen functional groups attached to an aromatic ring is 1. The molecule has 0 radical (unpaired) electrons. The zero-order chi connectivity index (χ0) is 19.4. The zero-order valence-corrected chi connectivity index (χ0v) is 15.9. The van der Waals surface area contributed by atoms with Crippen LogP contribution < -0.4 is 20.5 Å². The fraction of sp³-hybridized carbons (Fsp3) is 0.611. The summed E-state index contributed by atoms with van der Waals surface area (Å²) in [5, 5.41) is 22.4. The van der Waals surface area contributed by atoms with Gasteiger partial charge in [0, 0.05) is 32.2 Å². The molecule has 0 aliphatic carbocycles. The Hall–Kier alpha value is -1.74. The first-order valence-electron chi connectivity index (χ1n) is 9.18. The second-order valence-corrected chi connectivity index (χ2v) is 7.26. The van der Waals surface area contributed by atoms with Gasteiger partial charge in [0.15, 0.2) is 11.5 Å². The van der Waals surface area contributed by atoms with E-state index in [0.29, 0.717) is 44.2 Å². The topological polar surface area (TPSA) is 117 Å². The number of amides is 1. The van der Waals surface area contributed by atoms with E-state index in [-0.39, 0.29) is 34.7 Å². The third-order valence-electron chi connectivity index (χ3n) is 4.99. The maximum atomic E-state index is 12.7. The molecule has 1 aromatic rings. The molecule has 2 aliphatic rings. The van der Waals surface area contributed by atoms with Crippen LogP contribution in [0, 0.1) is 5.92 Å². The van der Waals surface area contributed by atoms with E-state index in [0.717, 1.165) is 19.5 Å². The van der Waals surface area contributed by atoms with Crippen LogP contribution in [0.1, 0.15) is 23.2 Å². The molecular weight excluding hydrogens is 374 g/mol. The SMILES string of the molecule is Nc1cc(C(=O)NC[C@@H]2CCN(CCCO)C[C@H]2O)c2c(c1Cl)OCCO2. The van der Waals surface area contributed by atoms with Crippen LogP contribution in [0.2, 0.25) is 5.02 Å². The van der Waals surface area contributed by atoms with Gasteiger partial charge >= 0.3 is 0 Å². The lowest BCUT2D eigenvalue weighted by Crippen LogP contribution is -2.48. The summed E-state index contributed by atoms with van der Waals surface area (Å²) in [6.07, 6.45) is 0.939. The molecule has 5 N–H and O–H groups in total. The first-order chi connectivity index (χ1) is 13.0. The van der Waals surface area contributed by atoms with Crippen molar-refractivity contribution >= 4 is 23.2 Å². The fourth-order valence-electron chi connectivity index (χ4n) is 3.47. The minimum atomic E-state index is -0.526. The van der Waals surface area contributed by atoms with Gasteiger partial charge in [0.2, 0.25) is 0 Å². The van der Waals surface area contributed by atoms with Gasteiger partial charge in [0.1, 0.15) is 18.2 Å². The number of carbonyl (C=O) groups excluding carboxylic acids is 1. The number of likely N-dealkylation sites (tertiary alicyclic amines) is 1. The maximum Gasteiger partial charge on any atom is 0.255 e. The molecule has 1 aromatic carbocycles. The van der Waals surface area contributed by atoms with E-state index in [4.69, 9.17) is 31.9 Å². The van der Waals surface area contributed by atoms with Gasteiger partial charge in [0.05, 0.1) is 17.4 Å². The van der Waals surface area contributed by atoms with E-state index in [1.54, 1.807) is 0 Å². The Morgan fingerprint density at radius 2 is 2.11 bits per heavy atom. The Bertz CT molecular complexity index is 687. The first kappa shape index (κ1) is 20.0. The number of fused-ring (bicyclic) bond motifs is 1. The zero-order valence-electron chi connectivity index (χ0n) is 15.1. The van der Waals surface area contributed by atoms with E-state index in [9.17, 15) is 9.90 Å². The number of ether oxygens (including phenoxy) is 2. The minimum Gasteiger partial charge on any atom is -0.485 e. The largest absolute Gasteiger partial charge is 0.485 e. The molecule has 150 valence electrons. The second-order valence-electron chi connectivity index (χ2n) is 6.89. The molecule has 1 fully saturated rings. The Balaban J connectivity index is 1.61. The number of carbonyl (C=O) groups is 1. The number of anilines is 1. The lowest BCUT2D eigenvalue weighted by atomic mass is 9.93. The number of hydrogen-bond donors (Lipinski definition) is 4. The summed E-state index contributed by atoms with van der Waals surface area (Å²) in [6, 6.07) is 1.49. The van der Waals surface area contributed by atoms with Crippen molar-refractivity contribution in [2.75, 3.05) is 51.7 Å². The molecule has 0 bridgehead atoms. The average Bonchev–Trinajstić information content (AvgIpc) is 2.68. The molecule has 8 nitrogen and oxygen atoms in total. The van der Waals surface area contributed by atoms with Crippen molar-refractivity contribution < 1.29 is 24.5 Å². The number of nitrogens with one attached hydrogen (secondary N) is 1. The highest BCUT2D eigenvalue weighted by atomic mass is 35.5. The molecule has 1 amide bonds. The summed E-state index contributed by atoms with van der Waals surface area (Å²) in [6.45, 7) is 3.31. The number of piperidine rings is 1. The molecule has 0 unspecified atom stereocenters. The Kier molecular flexibility index (Phi) is 6.64. The quantitative estimate of drug-likeness (QED) is 0.514. The predicted octanol–water partition coefficient (Wildman–Crippen LogP) is 0.488. The standard InChI is InChI=1S/C18H26ClN3O5/c19-15-13(20)8-12(16-17(15)27-7-6-26-16)18(25)21-9-11-2-4-22(3-1-5-23)10-14(11)24/h8,11,14,23-24H,1-7,9-10,20H2,(H,21,25)/t11-,14+/m0/s1. The van der Waals surface area contributed by atoms with E-state index >= 15 is 0 Å².